The average molecular weight is 381 g/mol. The summed E-state index contributed by atoms with van der Waals surface area (Å²) in [5, 5.41) is 0. The molecule has 28 heavy (non-hydrogen) atoms. The van der Waals surface area contributed by atoms with E-state index in [-0.39, 0.29) is 24.6 Å². The summed E-state index contributed by atoms with van der Waals surface area (Å²) in [5.41, 5.74) is 3.24. The molecule has 1 aliphatic rings. The SMILES string of the molecule is CCOC(=O)[C@@H]1CCCN1c1ccc(CC)cc1C(=O)OCc1ccccc1. The minimum atomic E-state index is -0.372. The van der Waals surface area contributed by atoms with Crippen LogP contribution in [0.5, 0.6) is 0 Å². The number of hydrogen-bond acceptors (Lipinski definition) is 5. The van der Waals surface area contributed by atoms with Crippen LogP contribution in [0.3, 0.4) is 0 Å². The van der Waals surface area contributed by atoms with Crippen LogP contribution in [0.15, 0.2) is 48.5 Å². The molecule has 5 nitrogen and oxygen atoms in total. The molecule has 5 heteroatoms. The number of hydrogen-bond donors (Lipinski definition) is 0. The summed E-state index contributed by atoms with van der Waals surface area (Å²) < 4.78 is 10.8. The molecule has 0 saturated carbocycles. The predicted octanol–water partition coefficient (Wildman–Crippen LogP) is 4.14. The molecule has 0 amide bonds. The van der Waals surface area contributed by atoms with Crippen LogP contribution in [0.25, 0.3) is 0 Å². The lowest BCUT2D eigenvalue weighted by atomic mass is 10.0. The van der Waals surface area contributed by atoms with Crippen LogP contribution in [-0.4, -0.2) is 31.1 Å². The number of benzene rings is 2. The van der Waals surface area contributed by atoms with Gasteiger partial charge in [-0.05, 0) is 49.4 Å². The van der Waals surface area contributed by atoms with Gasteiger partial charge >= 0.3 is 11.9 Å². The van der Waals surface area contributed by atoms with E-state index < -0.39 is 0 Å². The van der Waals surface area contributed by atoms with Crippen LogP contribution in [0.1, 0.15) is 48.2 Å². The van der Waals surface area contributed by atoms with E-state index >= 15 is 0 Å². The third kappa shape index (κ3) is 4.53. The van der Waals surface area contributed by atoms with Gasteiger partial charge < -0.3 is 14.4 Å². The molecule has 1 saturated heterocycles. The molecule has 1 heterocycles. The van der Waals surface area contributed by atoms with E-state index in [0.717, 1.165) is 36.1 Å². The van der Waals surface area contributed by atoms with Crippen molar-refractivity contribution in [3.05, 3.63) is 65.2 Å². The Bertz CT molecular complexity index is 819. The van der Waals surface area contributed by atoms with Crippen molar-refractivity contribution in [1.29, 1.82) is 0 Å². The smallest absolute Gasteiger partial charge is 0.340 e. The molecule has 2 aromatic carbocycles. The number of ether oxygens (including phenoxy) is 2. The van der Waals surface area contributed by atoms with Gasteiger partial charge in [-0.2, -0.15) is 0 Å². The highest BCUT2D eigenvalue weighted by Gasteiger charge is 2.34. The Morgan fingerprint density at radius 2 is 1.82 bits per heavy atom. The summed E-state index contributed by atoms with van der Waals surface area (Å²) in [4.78, 5) is 27.2. The number of anilines is 1. The van der Waals surface area contributed by atoms with Crippen molar-refractivity contribution in [2.45, 2.75) is 45.8 Å². The Morgan fingerprint density at radius 1 is 1.04 bits per heavy atom. The standard InChI is InChI=1S/C23H27NO4/c1-3-17-12-13-20(24-14-8-11-21(24)23(26)27-4-2)19(15-17)22(25)28-16-18-9-6-5-7-10-18/h5-7,9-10,12-13,15,21H,3-4,8,11,14,16H2,1-2H3/t21-/m0/s1. The maximum absolute atomic E-state index is 12.9. The second kappa shape index (κ2) is 9.40. The van der Waals surface area contributed by atoms with Crippen LogP contribution >= 0.6 is 0 Å². The number of nitrogens with zero attached hydrogens (tertiary/aromatic N) is 1. The first-order chi connectivity index (χ1) is 13.6. The van der Waals surface area contributed by atoms with Crippen molar-refractivity contribution in [2.24, 2.45) is 0 Å². The summed E-state index contributed by atoms with van der Waals surface area (Å²) in [5.74, 6) is -0.605. The molecule has 3 rings (SSSR count). The molecule has 0 aliphatic carbocycles. The van der Waals surface area contributed by atoms with Crippen LogP contribution < -0.4 is 4.90 Å². The monoisotopic (exact) mass is 381 g/mol. The van der Waals surface area contributed by atoms with Crippen molar-refractivity contribution < 1.29 is 19.1 Å². The molecule has 0 bridgehead atoms. The van der Waals surface area contributed by atoms with E-state index in [9.17, 15) is 9.59 Å². The minimum absolute atomic E-state index is 0.219. The second-order valence-corrected chi connectivity index (χ2v) is 6.87. The molecule has 2 aromatic rings. The summed E-state index contributed by atoms with van der Waals surface area (Å²) >= 11 is 0. The maximum Gasteiger partial charge on any atom is 0.340 e. The molecule has 1 atom stereocenters. The molecule has 1 aliphatic heterocycles. The summed E-state index contributed by atoms with van der Waals surface area (Å²) in [6, 6.07) is 15.1. The highest BCUT2D eigenvalue weighted by atomic mass is 16.5. The Hall–Kier alpha value is -2.82. The van der Waals surface area contributed by atoms with E-state index in [1.54, 1.807) is 6.92 Å². The second-order valence-electron chi connectivity index (χ2n) is 6.87. The van der Waals surface area contributed by atoms with Crippen LogP contribution in [0, 0.1) is 0 Å². The lowest BCUT2D eigenvalue weighted by Crippen LogP contribution is -2.38. The van der Waals surface area contributed by atoms with Crippen molar-refractivity contribution >= 4 is 17.6 Å². The third-order valence-corrected chi connectivity index (χ3v) is 5.02. The highest BCUT2D eigenvalue weighted by Crippen LogP contribution is 2.31. The van der Waals surface area contributed by atoms with E-state index in [1.807, 2.05) is 60.4 Å². The van der Waals surface area contributed by atoms with Crippen molar-refractivity contribution in [3.8, 4) is 0 Å². The molecule has 0 N–H and O–H groups in total. The average Bonchev–Trinajstić information content (AvgIpc) is 3.22. The zero-order chi connectivity index (χ0) is 19.9. The number of rotatable bonds is 7. The normalized spacial score (nSPS) is 16.1. The third-order valence-electron chi connectivity index (χ3n) is 5.02. The zero-order valence-electron chi connectivity index (χ0n) is 16.5. The molecule has 0 aromatic heterocycles. The predicted molar refractivity (Wildman–Crippen MR) is 108 cm³/mol. The maximum atomic E-state index is 12.9. The number of aryl methyl sites for hydroxylation is 1. The largest absolute Gasteiger partial charge is 0.464 e. The molecule has 148 valence electrons. The van der Waals surface area contributed by atoms with Gasteiger partial charge in [-0.1, -0.05) is 43.3 Å². The first-order valence-corrected chi connectivity index (χ1v) is 9.91. The van der Waals surface area contributed by atoms with Gasteiger partial charge in [0.1, 0.15) is 12.6 Å². The quantitative estimate of drug-likeness (QED) is 0.675. The lowest BCUT2D eigenvalue weighted by Gasteiger charge is -2.27. The van der Waals surface area contributed by atoms with Gasteiger partial charge in [0.15, 0.2) is 0 Å². The van der Waals surface area contributed by atoms with Crippen molar-refractivity contribution in [3.63, 3.8) is 0 Å². The Balaban J connectivity index is 1.85. The summed E-state index contributed by atoms with van der Waals surface area (Å²) in [6.45, 7) is 5.14. The van der Waals surface area contributed by atoms with Gasteiger partial charge in [0.25, 0.3) is 0 Å². The Labute approximate surface area is 166 Å². The van der Waals surface area contributed by atoms with E-state index in [4.69, 9.17) is 9.47 Å². The fraction of sp³-hybridized carbons (Fsp3) is 0.391. The van der Waals surface area contributed by atoms with Gasteiger partial charge in [-0.3, -0.25) is 0 Å². The number of esters is 2. The first kappa shape index (κ1) is 19.9. The van der Waals surface area contributed by atoms with Crippen LogP contribution in [0.4, 0.5) is 5.69 Å². The fourth-order valence-electron chi connectivity index (χ4n) is 3.56. The van der Waals surface area contributed by atoms with Gasteiger partial charge in [0, 0.05) is 6.54 Å². The molecular weight excluding hydrogens is 354 g/mol. The van der Waals surface area contributed by atoms with Crippen LogP contribution in [-0.2, 0) is 27.3 Å². The van der Waals surface area contributed by atoms with E-state index in [0.29, 0.717) is 18.7 Å². The molecule has 0 unspecified atom stereocenters. The lowest BCUT2D eigenvalue weighted by molar-refractivity contribution is -0.144. The van der Waals surface area contributed by atoms with E-state index in [2.05, 4.69) is 0 Å². The fourth-order valence-corrected chi connectivity index (χ4v) is 3.56. The Morgan fingerprint density at radius 3 is 2.54 bits per heavy atom. The minimum Gasteiger partial charge on any atom is -0.464 e. The van der Waals surface area contributed by atoms with E-state index in [1.165, 1.54) is 0 Å². The van der Waals surface area contributed by atoms with Gasteiger partial charge in [-0.25, -0.2) is 9.59 Å². The van der Waals surface area contributed by atoms with Crippen LogP contribution in [0.2, 0.25) is 0 Å². The van der Waals surface area contributed by atoms with Gasteiger partial charge in [0.05, 0.1) is 17.9 Å². The molecule has 1 fully saturated rings. The molecule has 0 spiro atoms. The van der Waals surface area contributed by atoms with Crippen molar-refractivity contribution in [2.75, 3.05) is 18.1 Å². The number of carbonyl (C=O) groups is 2. The topological polar surface area (TPSA) is 55.8 Å². The van der Waals surface area contributed by atoms with Crippen molar-refractivity contribution in [1.82, 2.24) is 0 Å². The molecule has 0 radical (unpaired) electrons. The zero-order valence-corrected chi connectivity index (χ0v) is 16.5. The Kier molecular flexibility index (Phi) is 6.69. The van der Waals surface area contributed by atoms with Gasteiger partial charge in [-0.15, -0.1) is 0 Å². The summed E-state index contributed by atoms with van der Waals surface area (Å²) in [6.07, 6.45) is 2.44. The first-order valence-electron chi connectivity index (χ1n) is 9.91. The van der Waals surface area contributed by atoms with Gasteiger partial charge in [0.2, 0.25) is 0 Å². The highest BCUT2D eigenvalue weighted by molar-refractivity contribution is 5.97. The molecular formula is C23H27NO4. The number of carbonyl (C=O) groups excluding carboxylic acids is 2. The summed E-state index contributed by atoms with van der Waals surface area (Å²) in [7, 11) is 0.